The van der Waals surface area contributed by atoms with E-state index in [4.69, 9.17) is 27.9 Å². The standard InChI is InChI=1S/C15H14Cl2N2O3/c1-22-14-2-3-18-8-12(14)19-15(21)7-13(20)9-4-10(16)6-11(17)5-9/h2-6,8,13,20H,7H2,1H3,(H,19,21). The van der Waals surface area contributed by atoms with Crippen LogP contribution in [0.4, 0.5) is 5.69 Å². The number of methoxy groups -OCH3 is 1. The first-order valence-corrected chi connectivity index (χ1v) is 7.17. The van der Waals surface area contributed by atoms with Crippen LogP contribution in [0, 0.1) is 0 Å². The van der Waals surface area contributed by atoms with Crippen molar-refractivity contribution in [1.29, 1.82) is 0 Å². The van der Waals surface area contributed by atoms with Crippen LogP contribution >= 0.6 is 23.2 Å². The van der Waals surface area contributed by atoms with Crippen molar-refractivity contribution in [3.05, 3.63) is 52.3 Å². The molecule has 0 aliphatic rings. The van der Waals surface area contributed by atoms with Crippen LogP contribution in [0.5, 0.6) is 5.75 Å². The maximum absolute atomic E-state index is 12.0. The summed E-state index contributed by atoms with van der Waals surface area (Å²) in [5.74, 6) is 0.110. The maximum atomic E-state index is 12.0. The Morgan fingerprint density at radius 2 is 2.05 bits per heavy atom. The Balaban J connectivity index is 2.05. The van der Waals surface area contributed by atoms with Crippen molar-refractivity contribution in [2.24, 2.45) is 0 Å². The third-order valence-electron chi connectivity index (χ3n) is 2.92. The summed E-state index contributed by atoms with van der Waals surface area (Å²) in [7, 11) is 1.49. The molecule has 1 heterocycles. The number of pyridine rings is 1. The van der Waals surface area contributed by atoms with E-state index in [-0.39, 0.29) is 12.3 Å². The molecule has 0 radical (unpaired) electrons. The Hall–Kier alpha value is -1.82. The minimum Gasteiger partial charge on any atom is -0.494 e. The molecule has 2 aromatic rings. The normalized spacial score (nSPS) is 11.8. The number of ether oxygens (including phenoxy) is 1. The van der Waals surface area contributed by atoms with E-state index in [2.05, 4.69) is 10.3 Å². The molecule has 7 heteroatoms. The van der Waals surface area contributed by atoms with Crippen molar-refractivity contribution in [2.45, 2.75) is 12.5 Å². The van der Waals surface area contributed by atoms with Crippen molar-refractivity contribution in [3.8, 4) is 5.75 Å². The molecule has 2 rings (SSSR count). The fraction of sp³-hybridized carbons (Fsp3) is 0.200. The number of amides is 1. The predicted octanol–water partition coefficient (Wildman–Crippen LogP) is 3.46. The second-order valence-electron chi connectivity index (χ2n) is 4.55. The molecule has 1 atom stereocenters. The molecular weight excluding hydrogens is 327 g/mol. The second-order valence-corrected chi connectivity index (χ2v) is 5.42. The molecule has 116 valence electrons. The topological polar surface area (TPSA) is 71.5 Å². The molecule has 1 aromatic carbocycles. The minimum absolute atomic E-state index is 0.144. The van der Waals surface area contributed by atoms with E-state index in [9.17, 15) is 9.90 Å². The fourth-order valence-electron chi connectivity index (χ4n) is 1.92. The molecule has 1 aromatic heterocycles. The van der Waals surface area contributed by atoms with Crippen molar-refractivity contribution in [2.75, 3.05) is 12.4 Å². The van der Waals surface area contributed by atoms with Crippen LogP contribution in [-0.4, -0.2) is 23.1 Å². The van der Waals surface area contributed by atoms with Gasteiger partial charge in [0.25, 0.3) is 0 Å². The van der Waals surface area contributed by atoms with Gasteiger partial charge in [-0.15, -0.1) is 0 Å². The van der Waals surface area contributed by atoms with E-state index in [0.717, 1.165) is 0 Å². The Morgan fingerprint density at radius 3 is 2.68 bits per heavy atom. The summed E-state index contributed by atoms with van der Waals surface area (Å²) in [6.07, 6.45) is 1.87. The van der Waals surface area contributed by atoms with Crippen LogP contribution in [0.3, 0.4) is 0 Å². The monoisotopic (exact) mass is 340 g/mol. The number of carbonyl (C=O) groups excluding carboxylic acids is 1. The van der Waals surface area contributed by atoms with Crippen LogP contribution in [0.2, 0.25) is 10.0 Å². The highest BCUT2D eigenvalue weighted by Crippen LogP contribution is 2.26. The summed E-state index contributed by atoms with van der Waals surface area (Å²) in [5.41, 5.74) is 0.914. The molecular formula is C15H14Cl2N2O3. The van der Waals surface area contributed by atoms with Crippen LogP contribution in [-0.2, 0) is 4.79 Å². The summed E-state index contributed by atoms with van der Waals surface area (Å²) < 4.78 is 5.12. The molecule has 0 aliphatic heterocycles. The Morgan fingerprint density at radius 1 is 1.36 bits per heavy atom. The minimum atomic E-state index is -1.01. The lowest BCUT2D eigenvalue weighted by atomic mass is 10.1. The summed E-state index contributed by atoms with van der Waals surface area (Å²) in [5, 5.41) is 13.6. The van der Waals surface area contributed by atoms with Crippen LogP contribution in [0.1, 0.15) is 18.1 Å². The van der Waals surface area contributed by atoms with Crippen LogP contribution < -0.4 is 10.1 Å². The van der Waals surface area contributed by atoms with Gasteiger partial charge in [-0.05, 0) is 23.8 Å². The van der Waals surface area contributed by atoms with Gasteiger partial charge < -0.3 is 15.2 Å². The Labute approximate surface area is 137 Å². The largest absolute Gasteiger partial charge is 0.494 e. The third-order valence-corrected chi connectivity index (χ3v) is 3.36. The lowest BCUT2D eigenvalue weighted by molar-refractivity contribution is -0.118. The van der Waals surface area contributed by atoms with E-state index in [1.807, 2.05) is 0 Å². The first kappa shape index (κ1) is 16.5. The van der Waals surface area contributed by atoms with E-state index >= 15 is 0 Å². The lowest BCUT2D eigenvalue weighted by Crippen LogP contribution is -2.16. The zero-order valence-electron chi connectivity index (χ0n) is 11.7. The predicted molar refractivity (Wildman–Crippen MR) is 85.5 cm³/mol. The van der Waals surface area contributed by atoms with Crippen molar-refractivity contribution in [1.82, 2.24) is 4.98 Å². The summed E-state index contributed by atoms with van der Waals surface area (Å²) in [6, 6.07) is 6.31. The number of nitrogens with one attached hydrogen (secondary N) is 1. The van der Waals surface area contributed by atoms with Gasteiger partial charge in [0.15, 0.2) is 0 Å². The number of carbonyl (C=O) groups is 1. The number of aromatic nitrogens is 1. The van der Waals surface area contributed by atoms with Crippen molar-refractivity contribution >= 4 is 34.8 Å². The second kappa shape index (κ2) is 7.45. The molecule has 1 amide bonds. The van der Waals surface area contributed by atoms with Gasteiger partial charge in [-0.1, -0.05) is 23.2 Å². The fourth-order valence-corrected chi connectivity index (χ4v) is 2.46. The summed E-state index contributed by atoms with van der Waals surface area (Å²) in [4.78, 5) is 15.9. The van der Waals surface area contributed by atoms with Gasteiger partial charge in [-0.25, -0.2) is 0 Å². The van der Waals surface area contributed by atoms with Gasteiger partial charge >= 0.3 is 0 Å². The van der Waals surface area contributed by atoms with Crippen molar-refractivity contribution in [3.63, 3.8) is 0 Å². The van der Waals surface area contributed by atoms with Gasteiger partial charge in [-0.3, -0.25) is 9.78 Å². The molecule has 0 bridgehead atoms. The molecule has 22 heavy (non-hydrogen) atoms. The van der Waals surface area contributed by atoms with Gasteiger partial charge in [0.05, 0.1) is 25.8 Å². The summed E-state index contributed by atoms with van der Waals surface area (Å²) in [6.45, 7) is 0. The third kappa shape index (κ3) is 4.34. The number of anilines is 1. The summed E-state index contributed by atoms with van der Waals surface area (Å²) >= 11 is 11.8. The van der Waals surface area contributed by atoms with Crippen molar-refractivity contribution < 1.29 is 14.6 Å². The first-order valence-electron chi connectivity index (χ1n) is 6.41. The average molecular weight is 341 g/mol. The SMILES string of the molecule is COc1ccncc1NC(=O)CC(O)c1cc(Cl)cc(Cl)c1. The lowest BCUT2D eigenvalue weighted by Gasteiger charge is -2.13. The average Bonchev–Trinajstić information content (AvgIpc) is 2.46. The maximum Gasteiger partial charge on any atom is 0.227 e. The number of nitrogens with zero attached hydrogens (tertiary/aromatic N) is 1. The van der Waals surface area contributed by atoms with E-state index in [1.54, 1.807) is 30.5 Å². The van der Waals surface area contributed by atoms with Gasteiger partial charge in [0.2, 0.25) is 5.91 Å². The number of aliphatic hydroxyl groups excluding tert-OH is 1. The molecule has 0 spiro atoms. The number of benzene rings is 1. The number of halogens is 2. The first-order chi connectivity index (χ1) is 10.5. The Kier molecular flexibility index (Phi) is 5.60. The number of rotatable bonds is 5. The van der Waals surface area contributed by atoms with Crippen LogP contribution in [0.25, 0.3) is 0 Å². The number of hydrogen-bond donors (Lipinski definition) is 2. The number of hydrogen-bond acceptors (Lipinski definition) is 4. The zero-order valence-corrected chi connectivity index (χ0v) is 13.2. The Bertz CT molecular complexity index is 659. The highest BCUT2D eigenvalue weighted by Gasteiger charge is 2.15. The smallest absolute Gasteiger partial charge is 0.227 e. The van der Waals surface area contributed by atoms with Gasteiger partial charge in [0.1, 0.15) is 11.4 Å². The van der Waals surface area contributed by atoms with E-state index in [0.29, 0.717) is 27.0 Å². The van der Waals surface area contributed by atoms with Gasteiger partial charge in [-0.2, -0.15) is 0 Å². The molecule has 0 saturated heterocycles. The molecule has 0 aliphatic carbocycles. The molecule has 0 fully saturated rings. The molecule has 0 saturated carbocycles. The quantitative estimate of drug-likeness (QED) is 0.874. The van der Waals surface area contributed by atoms with Gasteiger partial charge in [0, 0.05) is 22.3 Å². The molecule has 5 nitrogen and oxygen atoms in total. The number of aliphatic hydroxyl groups is 1. The highest BCUT2D eigenvalue weighted by atomic mass is 35.5. The van der Waals surface area contributed by atoms with E-state index in [1.165, 1.54) is 13.3 Å². The van der Waals surface area contributed by atoms with E-state index < -0.39 is 6.10 Å². The molecule has 1 unspecified atom stereocenters. The van der Waals surface area contributed by atoms with Crippen LogP contribution in [0.15, 0.2) is 36.7 Å². The zero-order chi connectivity index (χ0) is 16.1. The highest BCUT2D eigenvalue weighted by molar-refractivity contribution is 6.34. The molecule has 2 N–H and O–H groups in total.